The highest BCUT2D eigenvalue weighted by Crippen LogP contribution is 2.38. The van der Waals surface area contributed by atoms with Gasteiger partial charge in [-0.2, -0.15) is 0 Å². The Labute approximate surface area is 176 Å². The first kappa shape index (κ1) is 21.0. The molecule has 0 aromatic heterocycles. The molecule has 2 aromatic carbocycles. The number of nitrogens with zero attached hydrogens (tertiary/aromatic N) is 1. The van der Waals surface area contributed by atoms with E-state index in [1.807, 2.05) is 69.3 Å². The normalized spacial score (nSPS) is 19.7. The van der Waals surface area contributed by atoms with Gasteiger partial charge in [-0.25, -0.2) is 4.79 Å². The Hall–Kier alpha value is -1.75. The van der Waals surface area contributed by atoms with Crippen molar-refractivity contribution in [1.29, 1.82) is 0 Å². The van der Waals surface area contributed by atoms with Crippen LogP contribution in [-0.4, -0.2) is 29.7 Å². The van der Waals surface area contributed by atoms with Crippen molar-refractivity contribution in [1.82, 2.24) is 4.90 Å². The molecule has 3 rings (SSSR count). The van der Waals surface area contributed by atoms with E-state index in [1.54, 1.807) is 4.90 Å². The van der Waals surface area contributed by atoms with Crippen LogP contribution in [0.2, 0.25) is 10.0 Å². The fraction of sp³-hybridized carbons (Fsp3) is 0.409. The van der Waals surface area contributed by atoms with E-state index in [0.717, 1.165) is 11.1 Å². The Balaban J connectivity index is 1.81. The van der Waals surface area contributed by atoms with Crippen LogP contribution in [0.4, 0.5) is 4.79 Å². The summed E-state index contributed by atoms with van der Waals surface area (Å²) in [6.07, 6.45) is 0.361. The van der Waals surface area contributed by atoms with Crippen molar-refractivity contribution in [3.63, 3.8) is 0 Å². The number of likely N-dealkylation sites (tertiary alicyclic amines) is 1. The van der Waals surface area contributed by atoms with E-state index in [0.29, 0.717) is 36.2 Å². The minimum atomic E-state index is -0.610. The highest BCUT2D eigenvalue weighted by Gasteiger charge is 2.43. The van der Waals surface area contributed by atoms with Gasteiger partial charge in [-0.05, 0) is 56.2 Å². The van der Waals surface area contributed by atoms with E-state index in [9.17, 15) is 4.79 Å². The Bertz CT molecular complexity index is 815. The second kappa shape index (κ2) is 8.32. The summed E-state index contributed by atoms with van der Waals surface area (Å²) in [7, 11) is 0. The molecule has 1 amide bonds. The van der Waals surface area contributed by atoms with Crippen molar-refractivity contribution in [3.8, 4) is 0 Å². The van der Waals surface area contributed by atoms with Crippen LogP contribution in [0.25, 0.3) is 0 Å². The summed E-state index contributed by atoms with van der Waals surface area (Å²) in [4.78, 5) is 14.3. The molecule has 2 aromatic rings. The number of amides is 1. The molecule has 4 nitrogen and oxygen atoms in total. The molecule has 28 heavy (non-hydrogen) atoms. The lowest BCUT2D eigenvalue weighted by molar-refractivity contribution is -0.0553. The topological polar surface area (TPSA) is 38.8 Å². The molecule has 0 bridgehead atoms. The third-order valence-corrected chi connectivity index (χ3v) is 5.19. The number of carbonyl (C=O) groups excluding carboxylic acids is 1. The number of benzene rings is 2. The zero-order valence-corrected chi connectivity index (χ0v) is 17.9. The summed E-state index contributed by atoms with van der Waals surface area (Å²) >= 11 is 12.0. The zero-order valence-electron chi connectivity index (χ0n) is 16.4. The first-order chi connectivity index (χ1) is 13.2. The average molecular weight is 422 g/mol. The lowest BCUT2D eigenvalue weighted by Crippen LogP contribution is -2.39. The first-order valence-electron chi connectivity index (χ1n) is 9.29. The van der Waals surface area contributed by atoms with Crippen LogP contribution < -0.4 is 0 Å². The molecular formula is C22H25Cl2NO3. The van der Waals surface area contributed by atoms with Crippen molar-refractivity contribution >= 4 is 29.3 Å². The maximum atomic E-state index is 12.6. The highest BCUT2D eigenvalue weighted by atomic mass is 35.5. The first-order valence-corrected chi connectivity index (χ1v) is 10.0. The molecule has 1 atom stereocenters. The number of halogens is 2. The van der Waals surface area contributed by atoms with Crippen LogP contribution >= 0.6 is 23.2 Å². The van der Waals surface area contributed by atoms with Crippen molar-refractivity contribution in [2.45, 2.75) is 45.0 Å². The summed E-state index contributed by atoms with van der Waals surface area (Å²) in [5.74, 6) is 0. The van der Waals surface area contributed by atoms with Crippen molar-refractivity contribution in [2.75, 3.05) is 13.1 Å². The Morgan fingerprint density at radius 1 is 1.04 bits per heavy atom. The van der Waals surface area contributed by atoms with Gasteiger partial charge >= 0.3 is 6.09 Å². The molecule has 0 aliphatic carbocycles. The van der Waals surface area contributed by atoms with Crippen LogP contribution in [0.3, 0.4) is 0 Å². The minimum absolute atomic E-state index is 0.321. The molecule has 0 spiro atoms. The second-order valence-electron chi connectivity index (χ2n) is 8.07. The van der Waals surface area contributed by atoms with Gasteiger partial charge < -0.3 is 14.4 Å². The fourth-order valence-electron chi connectivity index (χ4n) is 3.26. The van der Waals surface area contributed by atoms with E-state index in [2.05, 4.69) is 0 Å². The van der Waals surface area contributed by atoms with Gasteiger partial charge in [-0.15, -0.1) is 0 Å². The number of rotatable bonds is 4. The van der Waals surface area contributed by atoms with Gasteiger partial charge in [0.25, 0.3) is 0 Å². The Morgan fingerprint density at radius 3 is 2.18 bits per heavy atom. The largest absolute Gasteiger partial charge is 0.444 e. The van der Waals surface area contributed by atoms with Crippen molar-refractivity contribution in [2.24, 2.45) is 0 Å². The maximum absolute atomic E-state index is 12.6. The minimum Gasteiger partial charge on any atom is -0.444 e. The van der Waals surface area contributed by atoms with Gasteiger partial charge in [-0.1, -0.05) is 47.5 Å². The SMILES string of the molecule is CC(C)(C)OC(=O)N1CCC(OCc2ccc(Cl)cc2)(c2ccc(Cl)cc2)C1. The average Bonchev–Trinajstić information content (AvgIpc) is 3.06. The van der Waals surface area contributed by atoms with Gasteiger partial charge in [0.2, 0.25) is 0 Å². The highest BCUT2D eigenvalue weighted by molar-refractivity contribution is 6.30. The number of hydrogen-bond donors (Lipinski definition) is 0. The van der Waals surface area contributed by atoms with Crippen molar-refractivity contribution < 1.29 is 14.3 Å². The van der Waals surface area contributed by atoms with Crippen LogP contribution in [-0.2, 0) is 21.7 Å². The van der Waals surface area contributed by atoms with E-state index in [-0.39, 0.29) is 6.09 Å². The summed E-state index contributed by atoms with van der Waals surface area (Å²) in [5, 5.41) is 1.35. The van der Waals surface area contributed by atoms with Gasteiger partial charge in [0, 0.05) is 23.0 Å². The van der Waals surface area contributed by atoms with Crippen LogP contribution in [0.5, 0.6) is 0 Å². The predicted molar refractivity (Wildman–Crippen MR) is 112 cm³/mol. The third kappa shape index (κ3) is 5.19. The molecule has 150 valence electrons. The molecule has 1 aliphatic heterocycles. The van der Waals surface area contributed by atoms with Crippen LogP contribution in [0.1, 0.15) is 38.3 Å². The molecule has 0 radical (unpaired) electrons. The van der Waals surface area contributed by atoms with Crippen LogP contribution in [0.15, 0.2) is 48.5 Å². The van der Waals surface area contributed by atoms with Gasteiger partial charge in [0.1, 0.15) is 11.2 Å². The molecule has 6 heteroatoms. The third-order valence-electron chi connectivity index (χ3n) is 4.68. The molecule has 1 unspecified atom stereocenters. The lowest BCUT2D eigenvalue weighted by atomic mass is 9.92. The molecule has 1 fully saturated rings. The molecular weight excluding hydrogens is 397 g/mol. The Morgan fingerprint density at radius 2 is 1.61 bits per heavy atom. The molecule has 1 aliphatic rings. The van der Waals surface area contributed by atoms with Gasteiger partial charge in [0.05, 0.1) is 13.2 Å². The monoisotopic (exact) mass is 421 g/mol. The molecule has 0 N–H and O–H groups in total. The summed E-state index contributed by atoms with van der Waals surface area (Å²) in [6, 6.07) is 15.2. The number of hydrogen-bond acceptors (Lipinski definition) is 3. The Kier molecular flexibility index (Phi) is 6.23. The molecule has 1 saturated heterocycles. The smallest absolute Gasteiger partial charge is 0.410 e. The molecule has 0 saturated carbocycles. The van der Waals surface area contributed by atoms with E-state index in [1.165, 1.54) is 0 Å². The summed E-state index contributed by atoms with van der Waals surface area (Å²) in [5.41, 5.74) is 0.874. The lowest BCUT2D eigenvalue weighted by Gasteiger charge is -2.31. The fourth-order valence-corrected chi connectivity index (χ4v) is 3.51. The zero-order chi connectivity index (χ0) is 20.4. The summed E-state index contributed by atoms with van der Waals surface area (Å²) < 4.78 is 12.0. The quantitative estimate of drug-likeness (QED) is 0.603. The van der Waals surface area contributed by atoms with Crippen molar-refractivity contribution in [3.05, 3.63) is 69.7 Å². The van der Waals surface area contributed by atoms with E-state index >= 15 is 0 Å². The predicted octanol–water partition coefficient (Wildman–Crippen LogP) is 6.05. The summed E-state index contributed by atoms with van der Waals surface area (Å²) in [6.45, 7) is 7.01. The number of carbonyl (C=O) groups is 1. The standard InChI is InChI=1S/C22H25Cl2NO3/c1-21(2,3)28-20(26)25-13-12-22(15-25,17-6-10-19(24)11-7-17)27-14-16-4-8-18(23)9-5-16/h4-11H,12-15H2,1-3H3. The maximum Gasteiger partial charge on any atom is 0.410 e. The second-order valence-corrected chi connectivity index (χ2v) is 8.94. The van der Waals surface area contributed by atoms with E-state index < -0.39 is 11.2 Å². The number of ether oxygens (including phenoxy) is 2. The van der Waals surface area contributed by atoms with Gasteiger partial charge in [0.15, 0.2) is 0 Å². The van der Waals surface area contributed by atoms with Gasteiger partial charge in [-0.3, -0.25) is 0 Å². The molecule has 1 heterocycles. The van der Waals surface area contributed by atoms with E-state index in [4.69, 9.17) is 32.7 Å². The van der Waals surface area contributed by atoms with Crippen LogP contribution in [0, 0.1) is 0 Å².